The molecule has 0 atom stereocenters. The van der Waals surface area contributed by atoms with Gasteiger partial charge in [0.05, 0.1) is 18.0 Å². The van der Waals surface area contributed by atoms with Crippen molar-refractivity contribution in [1.82, 2.24) is 14.8 Å². The van der Waals surface area contributed by atoms with Crippen LogP contribution in [0.2, 0.25) is 0 Å². The average Bonchev–Trinajstić information content (AvgIpc) is 2.96. The van der Waals surface area contributed by atoms with Crippen molar-refractivity contribution in [2.24, 2.45) is 0 Å². The van der Waals surface area contributed by atoms with Gasteiger partial charge in [-0.3, -0.25) is 4.79 Å². The third kappa shape index (κ3) is 4.45. The molecule has 0 aliphatic rings. The van der Waals surface area contributed by atoms with E-state index in [0.29, 0.717) is 11.7 Å². The molecule has 3 rings (SSSR count). The Bertz CT molecular complexity index is 867. The lowest BCUT2D eigenvalue weighted by Crippen LogP contribution is -2.15. The van der Waals surface area contributed by atoms with E-state index in [9.17, 15) is 9.18 Å². The van der Waals surface area contributed by atoms with Gasteiger partial charge in [-0.15, -0.1) is 10.2 Å². The molecular formula is C18H17FN4OS. The van der Waals surface area contributed by atoms with Gasteiger partial charge in [-0.1, -0.05) is 54.2 Å². The number of halogens is 1. The Kier molecular flexibility index (Phi) is 5.45. The third-order valence-electron chi connectivity index (χ3n) is 3.57. The number of hydrogen-bond donors (Lipinski definition) is 1. The SMILES string of the molecule is Cc1nnc(SCC(=O)Nc2ccccc2F)n1Cc1ccccc1. The summed E-state index contributed by atoms with van der Waals surface area (Å²) in [4.78, 5) is 12.1. The van der Waals surface area contributed by atoms with Gasteiger partial charge in [-0.05, 0) is 24.6 Å². The largest absolute Gasteiger partial charge is 0.323 e. The molecule has 5 nitrogen and oxygen atoms in total. The first kappa shape index (κ1) is 17.2. The van der Waals surface area contributed by atoms with Crippen LogP contribution in [0.5, 0.6) is 0 Å². The van der Waals surface area contributed by atoms with Gasteiger partial charge in [-0.25, -0.2) is 4.39 Å². The zero-order valence-electron chi connectivity index (χ0n) is 13.6. The van der Waals surface area contributed by atoms with Crippen LogP contribution in [-0.2, 0) is 11.3 Å². The van der Waals surface area contributed by atoms with Gasteiger partial charge in [0.15, 0.2) is 5.16 Å². The van der Waals surface area contributed by atoms with E-state index >= 15 is 0 Å². The molecule has 0 aliphatic heterocycles. The average molecular weight is 356 g/mol. The zero-order chi connectivity index (χ0) is 17.6. The van der Waals surface area contributed by atoms with E-state index in [4.69, 9.17) is 0 Å². The van der Waals surface area contributed by atoms with Crippen LogP contribution in [0, 0.1) is 12.7 Å². The van der Waals surface area contributed by atoms with Gasteiger partial charge in [0.1, 0.15) is 11.6 Å². The van der Waals surface area contributed by atoms with Gasteiger partial charge in [-0.2, -0.15) is 0 Å². The van der Waals surface area contributed by atoms with E-state index in [1.165, 1.54) is 23.9 Å². The Morgan fingerprint density at radius 3 is 2.60 bits per heavy atom. The van der Waals surface area contributed by atoms with Crippen molar-refractivity contribution in [2.45, 2.75) is 18.6 Å². The van der Waals surface area contributed by atoms with Crippen molar-refractivity contribution in [3.8, 4) is 0 Å². The van der Waals surface area contributed by atoms with Crippen LogP contribution in [-0.4, -0.2) is 26.4 Å². The maximum atomic E-state index is 13.6. The molecule has 0 saturated heterocycles. The first-order valence-corrected chi connectivity index (χ1v) is 8.73. The van der Waals surface area contributed by atoms with E-state index in [1.807, 2.05) is 41.8 Å². The Labute approximate surface area is 149 Å². The molecule has 0 unspecified atom stereocenters. The number of thioether (sulfide) groups is 1. The van der Waals surface area contributed by atoms with Gasteiger partial charge < -0.3 is 9.88 Å². The second kappa shape index (κ2) is 7.94. The summed E-state index contributed by atoms with van der Waals surface area (Å²) in [6.45, 7) is 2.51. The monoisotopic (exact) mass is 356 g/mol. The number of benzene rings is 2. The molecular weight excluding hydrogens is 339 g/mol. The number of aromatic nitrogens is 3. The fourth-order valence-electron chi connectivity index (χ4n) is 2.30. The molecule has 25 heavy (non-hydrogen) atoms. The predicted molar refractivity (Wildman–Crippen MR) is 96.1 cm³/mol. The zero-order valence-corrected chi connectivity index (χ0v) is 14.5. The molecule has 0 bridgehead atoms. The molecule has 0 saturated carbocycles. The number of hydrogen-bond acceptors (Lipinski definition) is 4. The molecule has 7 heteroatoms. The number of para-hydroxylation sites is 1. The predicted octanol–water partition coefficient (Wildman–Crippen LogP) is 3.50. The number of nitrogens with one attached hydrogen (secondary N) is 1. The molecule has 0 aliphatic carbocycles. The minimum atomic E-state index is -0.455. The fraction of sp³-hybridized carbons (Fsp3) is 0.167. The topological polar surface area (TPSA) is 59.8 Å². The lowest BCUT2D eigenvalue weighted by Gasteiger charge is -2.09. The summed E-state index contributed by atoms with van der Waals surface area (Å²) in [6, 6.07) is 16.1. The first-order valence-electron chi connectivity index (χ1n) is 7.74. The highest BCUT2D eigenvalue weighted by molar-refractivity contribution is 7.99. The summed E-state index contributed by atoms with van der Waals surface area (Å²) in [6.07, 6.45) is 0. The van der Waals surface area contributed by atoms with E-state index in [1.54, 1.807) is 12.1 Å². The van der Waals surface area contributed by atoms with E-state index < -0.39 is 5.82 Å². The number of carbonyl (C=O) groups is 1. The number of amides is 1. The second-order valence-corrected chi connectivity index (χ2v) is 6.36. The molecule has 1 aromatic heterocycles. The number of carbonyl (C=O) groups excluding carboxylic acids is 1. The van der Waals surface area contributed by atoms with Crippen LogP contribution in [0.25, 0.3) is 0 Å². The normalized spacial score (nSPS) is 10.6. The summed E-state index contributed by atoms with van der Waals surface area (Å²) in [5.41, 5.74) is 1.30. The van der Waals surface area contributed by atoms with Crippen molar-refractivity contribution in [3.05, 3.63) is 71.8 Å². The highest BCUT2D eigenvalue weighted by atomic mass is 32.2. The number of aryl methyl sites for hydroxylation is 1. The van der Waals surface area contributed by atoms with Crippen molar-refractivity contribution in [2.75, 3.05) is 11.1 Å². The van der Waals surface area contributed by atoms with Crippen LogP contribution in [0.15, 0.2) is 59.8 Å². The molecule has 3 aromatic rings. The third-order valence-corrected chi connectivity index (χ3v) is 4.53. The van der Waals surface area contributed by atoms with Crippen LogP contribution in [0.1, 0.15) is 11.4 Å². The lowest BCUT2D eigenvalue weighted by molar-refractivity contribution is -0.113. The smallest absolute Gasteiger partial charge is 0.234 e. The summed E-state index contributed by atoms with van der Waals surface area (Å²) in [5.74, 6) is 0.160. The van der Waals surface area contributed by atoms with E-state index in [0.717, 1.165) is 11.4 Å². The lowest BCUT2D eigenvalue weighted by atomic mass is 10.2. The minimum absolute atomic E-state index is 0.126. The minimum Gasteiger partial charge on any atom is -0.323 e. The van der Waals surface area contributed by atoms with Crippen molar-refractivity contribution < 1.29 is 9.18 Å². The first-order chi connectivity index (χ1) is 12.1. The van der Waals surface area contributed by atoms with Crippen molar-refractivity contribution >= 4 is 23.4 Å². The van der Waals surface area contributed by atoms with E-state index in [-0.39, 0.29) is 17.3 Å². The number of nitrogens with zero attached hydrogens (tertiary/aromatic N) is 3. The standard InChI is InChI=1S/C18H17FN4OS/c1-13-21-22-18(23(13)11-14-7-3-2-4-8-14)25-12-17(24)20-16-10-6-5-9-15(16)19/h2-10H,11-12H2,1H3,(H,20,24). The highest BCUT2D eigenvalue weighted by Crippen LogP contribution is 2.19. The van der Waals surface area contributed by atoms with E-state index in [2.05, 4.69) is 15.5 Å². The summed E-state index contributed by atoms with van der Waals surface area (Å²) >= 11 is 1.28. The Morgan fingerprint density at radius 1 is 1.12 bits per heavy atom. The highest BCUT2D eigenvalue weighted by Gasteiger charge is 2.13. The second-order valence-electron chi connectivity index (χ2n) is 5.42. The van der Waals surface area contributed by atoms with Gasteiger partial charge >= 0.3 is 0 Å². The summed E-state index contributed by atoms with van der Waals surface area (Å²) in [7, 11) is 0. The maximum Gasteiger partial charge on any atom is 0.234 e. The molecule has 0 fully saturated rings. The van der Waals surface area contributed by atoms with Crippen molar-refractivity contribution in [3.63, 3.8) is 0 Å². The molecule has 0 spiro atoms. The Hall–Kier alpha value is -2.67. The van der Waals surface area contributed by atoms with Gasteiger partial charge in [0, 0.05) is 0 Å². The van der Waals surface area contributed by atoms with Gasteiger partial charge in [0.25, 0.3) is 0 Å². The molecule has 2 aromatic carbocycles. The van der Waals surface area contributed by atoms with Crippen LogP contribution >= 0.6 is 11.8 Å². The number of rotatable bonds is 6. The maximum absolute atomic E-state index is 13.6. The van der Waals surface area contributed by atoms with Crippen LogP contribution in [0.3, 0.4) is 0 Å². The summed E-state index contributed by atoms with van der Waals surface area (Å²) < 4.78 is 15.5. The number of anilines is 1. The molecule has 1 heterocycles. The van der Waals surface area contributed by atoms with Gasteiger partial charge in [0.2, 0.25) is 5.91 Å². The molecule has 0 radical (unpaired) electrons. The fourth-order valence-corrected chi connectivity index (χ4v) is 3.08. The Balaban J connectivity index is 1.64. The van der Waals surface area contributed by atoms with Crippen LogP contribution < -0.4 is 5.32 Å². The Morgan fingerprint density at radius 2 is 1.84 bits per heavy atom. The molecule has 1 N–H and O–H groups in total. The molecule has 1 amide bonds. The summed E-state index contributed by atoms with van der Waals surface area (Å²) in [5, 5.41) is 11.4. The molecule has 128 valence electrons. The van der Waals surface area contributed by atoms with Crippen molar-refractivity contribution in [1.29, 1.82) is 0 Å². The van der Waals surface area contributed by atoms with Crippen LogP contribution in [0.4, 0.5) is 10.1 Å². The quantitative estimate of drug-likeness (QED) is 0.687.